The molecule has 0 spiro atoms. The predicted molar refractivity (Wildman–Crippen MR) is 128 cm³/mol. The van der Waals surface area contributed by atoms with Gasteiger partial charge in [-0.1, -0.05) is 24.3 Å². The maximum absolute atomic E-state index is 13.0. The lowest BCUT2D eigenvalue weighted by atomic mass is 10.0. The van der Waals surface area contributed by atoms with Crippen molar-refractivity contribution in [2.45, 2.75) is 44.8 Å². The number of hydrogen-bond acceptors (Lipinski definition) is 5. The quantitative estimate of drug-likeness (QED) is 0.612. The van der Waals surface area contributed by atoms with Gasteiger partial charge >= 0.3 is 0 Å². The Morgan fingerprint density at radius 2 is 1.82 bits per heavy atom. The highest BCUT2D eigenvalue weighted by Gasteiger charge is 2.39. The van der Waals surface area contributed by atoms with Gasteiger partial charge in [0.1, 0.15) is 6.04 Å². The summed E-state index contributed by atoms with van der Waals surface area (Å²) in [5.41, 5.74) is 5.60. The molecule has 2 fully saturated rings. The number of fused-ring (bicyclic) bond motifs is 2. The maximum Gasteiger partial charge on any atom is 0.255 e. The van der Waals surface area contributed by atoms with Crippen LogP contribution >= 0.6 is 0 Å². The van der Waals surface area contributed by atoms with Crippen LogP contribution in [0.1, 0.15) is 47.2 Å². The monoisotopic (exact) mass is 454 g/mol. The van der Waals surface area contributed by atoms with Crippen molar-refractivity contribution < 1.29 is 14.4 Å². The molecule has 7 heteroatoms. The lowest BCUT2D eigenvalue weighted by molar-refractivity contribution is -0.136. The summed E-state index contributed by atoms with van der Waals surface area (Å²) in [6, 6.07) is 15.6. The van der Waals surface area contributed by atoms with Gasteiger partial charge in [-0.05, 0) is 67.7 Å². The highest BCUT2D eigenvalue weighted by atomic mass is 16.2. The summed E-state index contributed by atoms with van der Waals surface area (Å²) in [4.78, 5) is 45.9. The third-order valence-electron chi connectivity index (χ3n) is 7.21. The largest absolute Gasteiger partial charge is 0.322 e. The Labute approximate surface area is 197 Å². The number of carbonyl (C=O) groups is 3. The van der Waals surface area contributed by atoms with Crippen LogP contribution in [0, 0.1) is 0 Å². The Kier molecular flexibility index (Phi) is 5.14. The number of nitrogens with zero attached hydrogens (tertiary/aromatic N) is 3. The molecule has 0 bridgehead atoms. The van der Waals surface area contributed by atoms with Gasteiger partial charge in [-0.3, -0.25) is 24.6 Å². The van der Waals surface area contributed by atoms with Crippen LogP contribution in [0.3, 0.4) is 0 Å². The van der Waals surface area contributed by atoms with Crippen LogP contribution in [0.25, 0.3) is 22.2 Å². The summed E-state index contributed by atoms with van der Waals surface area (Å²) >= 11 is 0. The van der Waals surface area contributed by atoms with Crippen molar-refractivity contribution in [2.24, 2.45) is 0 Å². The van der Waals surface area contributed by atoms with Crippen molar-refractivity contribution >= 4 is 28.6 Å². The number of benzene rings is 2. The van der Waals surface area contributed by atoms with Crippen molar-refractivity contribution in [3.05, 3.63) is 65.2 Å². The molecule has 0 aliphatic carbocycles. The highest BCUT2D eigenvalue weighted by molar-refractivity contribution is 6.05. The summed E-state index contributed by atoms with van der Waals surface area (Å²) in [5, 5.41) is 3.54. The van der Waals surface area contributed by atoms with Gasteiger partial charge in [-0.25, -0.2) is 4.98 Å². The Morgan fingerprint density at radius 3 is 2.65 bits per heavy atom. The smallest absolute Gasteiger partial charge is 0.255 e. The molecular formula is C27H26N4O3. The second-order valence-electron chi connectivity index (χ2n) is 9.44. The maximum atomic E-state index is 13.0. The molecule has 1 N–H and O–H groups in total. The standard InChI is InChI=1S/C27H26N4O3/c32-25-10-9-24(26(33)29-25)31-16-18-13-17(7-8-21(18)27(31)34)23-14-19(15-30-11-3-4-12-30)20-5-1-2-6-22(20)28-23/h1-2,5-8,13-14,24H,3-4,9-12,15-16H2,(H,29,32,33). The SMILES string of the molecule is O=C1CCC(N2Cc3cc(-c4cc(CN5CCCC5)c5ccccc5n4)ccc3C2=O)C(=O)N1. The number of piperidine rings is 1. The van der Waals surface area contributed by atoms with E-state index < -0.39 is 6.04 Å². The molecular weight excluding hydrogens is 428 g/mol. The van der Waals surface area contributed by atoms with Crippen molar-refractivity contribution in [1.82, 2.24) is 20.1 Å². The van der Waals surface area contributed by atoms with Crippen molar-refractivity contribution in [1.29, 1.82) is 0 Å². The van der Waals surface area contributed by atoms with Crippen LogP contribution in [0.5, 0.6) is 0 Å². The average Bonchev–Trinajstić information content (AvgIpc) is 3.46. The number of pyridine rings is 1. The van der Waals surface area contributed by atoms with Crippen molar-refractivity contribution in [2.75, 3.05) is 13.1 Å². The van der Waals surface area contributed by atoms with Gasteiger partial charge in [0.05, 0.1) is 11.2 Å². The topological polar surface area (TPSA) is 82.6 Å². The Bertz CT molecular complexity index is 1330. The van der Waals surface area contributed by atoms with Gasteiger partial charge in [0.25, 0.3) is 5.91 Å². The number of para-hydroxylation sites is 1. The van der Waals surface area contributed by atoms with Gasteiger partial charge in [-0.2, -0.15) is 0 Å². The van der Waals surface area contributed by atoms with Gasteiger partial charge in [0, 0.05) is 36.0 Å². The van der Waals surface area contributed by atoms with Crippen LogP contribution in [0.2, 0.25) is 0 Å². The summed E-state index contributed by atoms with van der Waals surface area (Å²) in [7, 11) is 0. The zero-order chi connectivity index (χ0) is 23.2. The van der Waals surface area contributed by atoms with Crippen LogP contribution in [0.4, 0.5) is 0 Å². The summed E-state index contributed by atoms with van der Waals surface area (Å²) in [6.07, 6.45) is 3.11. The first-order valence-electron chi connectivity index (χ1n) is 12.0. The van der Waals surface area contributed by atoms with E-state index in [1.807, 2.05) is 30.3 Å². The van der Waals surface area contributed by atoms with Crippen LogP contribution < -0.4 is 5.32 Å². The van der Waals surface area contributed by atoms with Crippen LogP contribution in [0.15, 0.2) is 48.5 Å². The van der Waals surface area contributed by atoms with Crippen molar-refractivity contribution in [3.8, 4) is 11.3 Å². The van der Waals surface area contributed by atoms with Crippen molar-refractivity contribution in [3.63, 3.8) is 0 Å². The molecule has 3 aliphatic heterocycles. The zero-order valence-electron chi connectivity index (χ0n) is 18.9. The molecule has 6 rings (SSSR count). The number of imide groups is 1. The zero-order valence-corrected chi connectivity index (χ0v) is 18.9. The lowest BCUT2D eigenvalue weighted by Crippen LogP contribution is -2.52. The minimum Gasteiger partial charge on any atom is -0.322 e. The molecule has 1 aromatic heterocycles. The fourth-order valence-electron chi connectivity index (χ4n) is 5.44. The highest BCUT2D eigenvalue weighted by Crippen LogP contribution is 2.32. The fourth-order valence-corrected chi connectivity index (χ4v) is 5.44. The van der Waals surface area contributed by atoms with Gasteiger partial charge in [0.15, 0.2) is 0 Å². The molecule has 3 aromatic rings. The third kappa shape index (κ3) is 3.66. The number of nitrogens with one attached hydrogen (secondary N) is 1. The first-order chi connectivity index (χ1) is 16.6. The first-order valence-corrected chi connectivity index (χ1v) is 12.0. The molecule has 2 aromatic carbocycles. The fraction of sp³-hybridized carbons (Fsp3) is 0.333. The van der Waals surface area contributed by atoms with E-state index in [0.29, 0.717) is 18.5 Å². The Morgan fingerprint density at radius 1 is 1.00 bits per heavy atom. The molecule has 3 aliphatic rings. The number of aromatic nitrogens is 1. The molecule has 1 unspecified atom stereocenters. The molecule has 3 amide bonds. The molecule has 7 nitrogen and oxygen atoms in total. The molecule has 0 radical (unpaired) electrons. The molecule has 1 atom stereocenters. The van der Waals surface area contributed by atoms with E-state index in [-0.39, 0.29) is 24.1 Å². The molecule has 34 heavy (non-hydrogen) atoms. The predicted octanol–water partition coefficient (Wildman–Crippen LogP) is 3.26. The second-order valence-corrected chi connectivity index (χ2v) is 9.44. The minimum absolute atomic E-state index is 0.155. The Balaban J connectivity index is 1.33. The summed E-state index contributed by atoms with van der Waals surface area (Å²) in [6.45, 7) is 3.53. The number of rotatable bonds is 4. The number of carbonyl (C=O) groups excluding carboxylic acids is 3. The first kappa shape index (κ1) is 21.0. The van der Waals surface area contributed by atoms with E-state index in [1.165, 1.54) is 23.8 Å². The third-order valence-corrected chi connectivity index (χ3v) is 7.21. The van der Waals surface area contributed by atoms with E-state index >= 15 is 0 Å². The van der Waals surface area contributed by atoms with Gasteiger partial charge in [-0.15, -0.1) is 0 Å². The van der Waals surface area contributed by atoms with E-state index in [4.69, 9.17) is 4.98 Å². The van der Waals surface area contributed by atoms with E-state index in [0.717, 1.165) is 42.0 Å². The van der Waals surface area contributed by atoms with Gasteiger partial charge in [0.2, 0.25) is 11.8 Å². The molecule has 0 saturated carbocycles. The summed E-state index contributed by atoms with van der Waals surface area (Å²) in [5.74, 6) is -0.822. The average molecular weight is 455 g/mol. The Hall–Kier alpha value is -3.58. The van der Waals surface area contributed by atoms with Crippen LogP contribution in [-0.4, -0.2) is 51.6 Å². The molecule has 4 heterocycles. The van der Waals surface area contributed by atoms with E-state index in [1.54, 1.807) is 4.90 Å². The summed E-state index contributed by atoms with van der Waals surface area (Å²) < 4.78 is 0. The van der Waals surface area contributed by atoms with Crippen LogP contribution in [-0.2, 0) is 22.7 Å². The second kappa shape index (κ2) is 8.33. The number of amides is 3. The minimum atomic E-state index is -0.605. The van der Waals surface area contributed by atoms with E-state index in [9.17, 15) is 14.4 Å². The molecule has 2 saturated heterocycles. The normalized spacial score (nSPS) is 20.8. The van der Waals surface area contributed by atoms with E-state index in [2.05, 4.69) is 28.4 Å². The number of hydrogen-bond donors (Lipinski definition) is 1. The van der Waals surface area contributed by atoms with Gasteiger partial charge < -0.3 is 4.90 Å². The molecule has 172 valence electrons. The number of likely N-dealkylation sites (tertiary alicyclic amines) is 1. The lowest BCUT2D eigenvalue weighted by Gasteiger charge is -2.29.